The van der Waals surface area contributed by atoms with E-state index in [-0.39, 0.29) is 12.4 Å². The van der Waals surface area contributed by atoms with E-state index in [9.17, 15) is 57.5 Å². The van der Waals surface area contributed by atoms with Crippen LogP contribution in [0.15, 0.2) is 23.0 Å². The zero-order valence-electron chi connectivity index (χ0n) is 59.1. The number of esters is 12. The molecule has 0 aromatic heterocycles. The first-order chi connectivity index (χ1) is 45.7. The molecule has 8 aliphatic rings. The number of fused-ring (bicyclic) bond motifs is 6. The van der Waals surface area contributed by atoms with Crippen LogP contribution in [-0.2, 0) is 143 Å². The Labute approximate surface area is 568 Å². The molecule has 0 amide bonds. The second-order valence-corrected chi connectivity index (χ2v) is 28.6. The molecule has 3 heterocycles. The van der Waals surface area contributed by atoms with Gasteiger partial charge in [-0.05, 0) is 109 Å². The van der Waals surface area contributed by atoms with Crippen molar-refractivity contribution in [1.29, 1.82) is 0 Å². The van der Waals surface area contributed by atoms with Crippen molar-refractivity contribution >= 4 is 71.6 Å². The lowest BCUT2D eigenvalue weighted by atomic mass is 9.35. The highest BCUT2D eigenvalue weighted by Gasteiger charge is 2.71. The molecule has 0 N–H and O–H groups in total. The van der Waals surface area contributed by atoms with Crippen LogP contribution in [-0.4, -0.2) is 198 Å². The molecule has 3 aliphatic heterocycles. The van der Waals surface area contributed by atoms with E-state index in [1.807, 2.05) is 26.8 Å². The van der Waals surface area contributed by atoms with Gasteiger partial charge in [0.05, 0.1) is 40.0 Å². The molecule has 0 radical (unpaired) electrons. The van der Waals surface area contributed by atoms with Gasteiger partial charge in [0.15, 0.2) is 73.4 Å². The van der Waals surface area contributed by atoms with Crippen LogP contribution in [0.3, 0.4) is 0 Å². The minimum atomic E-state index is -2.10. The zero-order valence-corrected chi connectivity index (χ0v) is 59.1. The molecule has 0 bridgehead atoms. The van der Waals surface area contributed by atoms with Crippen LogP contribution in [0.5, 0.6) is 0 Å². The highest BCUT2D eigenvalue weighted by molar-refractivity contribution is 5.80. The second-order valence-electron chi connectivity index (χ2n) is 28.6. The summed E-state index contributed by atoms with van der Waals surface area (Å²) in [6.45, 7) is 22.8. The molecule has 6 fully saturated rings. The fourth-order valence-electron chi connectivity index (χ4n) is 17.4. The van der Waals surface area contributed by atoms with E-state index in [1.165, 1.54) is 7.11 Å². The number of ether oxygens (including phenoxy) is 18. The summed E-state index contributed by atoms with van der Waals surface area (Å²) < 4.78 is 107. The van der Waals surface area contributed by atoms with Crippen molar-refractivity contribution in [2.24, 2.45) is 44.3 Å². The predicted molar refractivity (Wildman–Crippen MR) is 327 cm³/mol. The summed E-state index contributed by atoms with van der Waals surface area (Å²) in [7, 11) is 4.46. The summed E-state index contributed by atoms with van der Waals surface area (Å²) in [6, 6.07) is 0. The Hall–Kier alpha value is -7.28. The van der Waals surface area contributed by atoms with Crippen molar-refractivity contribution in [3.63, 3.8) is 0 Å². The minimum absolute atomic E-state index is 0.152. The van der Waals surface area contributed by atoms with Crippen molar-refractivity contribution in [1.82, 2.24) is 0 Å². The maximum atomic E-state index is 14.0. The molecular formula is C68H94O30. The third kappa shape index (κ3) is 14.5. The van der Waals surface area contributed by atoms with Gasteiger partial charge < -0.3 is 85.3 Å². The van der Waals surface area contributed by atoms with Crippen LogP contribution in [0.1, 0.15) is 162 Å². The second kappa shape index (κ2) is 29.1. The van der Waals surface area contributed by atoms with Crippen LogP contribution in [0, 0.1) is 44.3 Å². The molecule has 3 saturated carbocycles. The Balaban J connectivity index is 1.30. The largest absolute Gasteiger partial charge is 0.469 e. The fraction of sp³-hybridized carbons (Fsp3) is 0.765. The van der Waals surface area contributed by atoms with Crippen molar-refractivity contribution in [3.8, 4) is 0 Å². The summed E-state index contributed by atoms with van der Waals surface area (Å²) in [4.78, 5) is 160. The van der Waals surface area contributed by atoms with E-state index < -0.39 is 208 Å². The lowest BCUT2D eigenvalue weighted by Crippen LogP contribution is -2.69. The number of carbonyl (C=O) groups excluding carboxylic acids is 12. The van der Waals surface area contributed by atoms with Crippen LogP contribution in [0.2, 0.25) is 0 Å². The maximum Gasteiger partial charge on any atom is 0.339 e. The average Bonchev–Trinajstić information content (AvgIpc) is 0.670. The molecule has 0 unspecified atom stereocenters. The molecule has 0 spiro atoms. The monoisotopic (exact) mass is 1390 g/mol. The van der Waals surface area contributed by atoms with E-state index in [1.54, 1.807) is 0 Å². The number of carbonyl (C=O) groups is 12. The standard InChI is InChI=1S/C68H94O30/c1-30(69)85-43-46(88-33(4)72)52(91-36(7)75)59(95-49(43)56(77)81-16)93-40-28-38-39-29-65(12,62(80)84-19)25-24-64(39,11)26-27-67(38,14)68(15)23-20-41-63(9,10)42(21-22-66(41,13)55(40)68)94-60-54(48(90-35(6)74)45(87-32(3)71)50(96-60)57(78)82-17)98-61-53(92-37(8)76)47(89-34(5)73)44(86-31(2)70)51(97-61)58(79)83-18/h28,41-55,59-61H,20-27,29H2,1-19H3/t41-,42-,43-,44-,45-,46-,47-,48-,49-,50-,51-,52+,53+,54+,55+,59-,60-,61-,64+,65-,66-,67+,68+/m0/s1. The molecular weight excluding hydrogens is 1300 g/mol. The van der Waals surface area contributed by atoms with E-state index in [0.717, 1.165) is 94.3 Å². The van der Waals surface area contributed by atoms with Gasteiger partial charge in [-0.15, -0.1) is 0 Å². The van der Waals surface area contributed by atoms with Gasteiger partial charge in [-0.1, -0.05) is 47.1 Å². The van der Waals surface area contributed by atoms with Crippen LogP contribution < -0.4 is 0 Å². The summed E-state index contributed by atoms with van der Waals surface area (Å²) >= 11 is 0. The molecule has 0 aromatic carbocycles. The molecule has 5 aliphatic carbocycles. The molecule has 0 aromatic rings. The maximum absolute atomic E-state index is 14.0. The van der Waals surface area contributed by atoms with Gasteiger partial charge >= 0.3 is 71.6 Å². The number of hydrogen-bond acceptors (Lipinski definition) is 30. The summed E-state index contributed by atoms with van der Waals surface area (Å²) in [5.74, 6) is -12.2. The third-order valence-corrected chi connectivity index (χ3v) is 21.9. The van der Waals surface area contributed by atoms with Crippen molar-refractivity contribution < 1.29 is 143 Å². The molecule has 30 heteroatoms. The highest BCUT2D eigenvalue weighted by atomic mass is 16.8. The van der Waals surface area contributed by atoms with E-state index in [2.05, 4.69) is 27.7 Å². The van der Waals surface area contributed by atoms with Crippen LogP contribution in [0.4, 0.5) is 0 Å². The number of methoxy groups -OCH3 is 4. The quantitative estimate of drug-likeness (QED) is 0.0973. The third-order valence-electron chi connectivity index (χ3n) is 21.9. The van der Waals surface area contributed by atoms with Gasteiger partial charge in [-0.3, -0.25) is 43.2 Å². The predicted octanol–water partition coefficient (Wildman–Crippen LogP) is 5.14. The first-order valence-corrected chi connectivity index (χ1v) is 32.8. The Kier molecular flexibility index (Phi) is 22.7. The first kappa shape index (κ1) is 76.5. The summed E-state index contributed by atoms with van der Waals surface area (Å²) in [5.41, 5.74) is -2.67. The number of rotatable bonds is 18. The van der Waals surface area contributed by atoms with Crippen molar-refractivity contribution in [2.75, 3.05) is 28.4 Å². The van der Waals surface area contributed by atoms with E-state index in [4.69, 9.17) is 85.3 Å². The molecule has 98 heavy (non-hydrogen) atoms. The highest BCUT2D eigenvalue weighted by Crippen LogP contribution is 2.76. The topological polar surface area (TPSA) is 371 Å². The summed E-state index contributed by atoms with van der Waals surface area (Å²) in [6.07, 6.45) is -22.5. The lowest BCUT2D eigenvalue weighted by Gasteiger charge is -2.70. The van der Waals surface area contributed by atoms with Gasteiger partial charge in [0.1, 0.15) is 5.76 Å². The Morgan fingerprint density at radius 3 is 1.23 bits per heavy atom. The van der Waals surface area contributed by atoms with Gasteiger partial charge in [-0.2, -0.15) is 0 Å². The summed E-state index contributed by atoms with van der Waals surface area (Å²) in [5, 5.41) is 0. The molecule has 23 atom stereocenters. The molecule has 30 nitrogen and oxygen atoms in total. The van der Waals surface area contributed by atoms with E-state index in [0.29, 0.717) is 50.7 Å². The average molecular weight is 1390 g/mol. The van der Waals surface area contributed by atoms with Gasteiger partial charge in [0.25, 0.3) is 0 Å². The number of allylic oxidation sites excluding steroid dienone is 4. The molecule has 546 valence electrons. The number of hydrogen-bond donors (Lipinski definition) is 0. The van der Waals surface area contributed by atoms with Gasteiger partial charge in [0.2, 0.25) is 18.7 Å². The van der Waals surface area contributed by atoms with Gasteiger partial charge in [-0.25, -0.2) is 14.4 Å². The Morgan fingerprint density at radius 2 is 0.806 bits per heavy atom. The minimum Gasteiger partial charge on any atom is -0.469 e. The SMILES string of the molecule is COC(=O)[C@H]1O[C@@H](O[C@H]2[C@@H](O[C@H]3CC[C@]4(C)[C@H]5C(O[C@H]6O[C@H](C(=O)OC)[C@@H](OC(C)=O)[C@H](OC(C)=O)[C@H]6OC(C)=O)=CC6=C7C[C@@](C)(C(=O)OC)CC[C@]7(C)CC[C@@]6(C)[C@]5(C)CC[C@H]4C3(C)C)O[C@H](C(=O)OC)[C@@H](OC(C)=O)[C@@H]2OC(C)=O)[C@H](OC(C)=O)[C@@H](OC(C)=O)[C@@H]1OC(C)=O. The first-order valence-electron chi connectivity index (χ1n) is 32.8. The van der Waals surface area contributed by atoms with Crippen molar-refractivity contribution in [3.05, 3.63) is 23.0 Å². The van der Waals surface area contributed by atoms with Gasteiger partial charge in [0, 0.05) is 61.3 Å². The normalized spacial score (nSPS) is 39.2. The molecule has 8 rings (SSSR count). The smallest absolute Gasteiger partial charge is 0.339 e. The Bertz CT molecular complexity index is 3220. The lowest BCUT2D eigenvalue weighted by molar-refractivity contribution is -0.372. The molecule has 3 saturated heterocycles. The fourth-order valence-corrected chi connectivity index (χ4v) is 17.4. The van der Waals surface area contributed by atoms with Crippen molar-refractivity contribution in [2.45, 2.75) is 260 Å². The zero-order chi connectivity index (χ0) is 72.9. The van der Waals surface area contributed by atoms with Crippen LogP contribution >= 0.6 is 0 Å². The Morgan fingerprint density at radius 1 is 0.418 bits per heavy atom. The van der Waals surface area contributed by atoms with Crippen LogP contribution in [0.25, 0.3) is 0 Å². The van der Waals surface area contributed by atoms with E-state index >= 15 is 0 Å².